The van der Waals surface area contributed by atoms with E-state index in [-0.39, 0.29) is 0 Å². The quantitative estimate of drug-likeness (QED) is 0.253. The van der Waals surface area contributed by atoms with Gasteiger partial charge in [-0.2, -0.15) is 10.2 Å². The molecule has 2 heterocycles. The molecule has 0 aliphatic carbocycles. The van der Waals surface area contributed by atoms with Crippen LogP contribution in [0.25, 0.3) is 0 Å². The number of hydrogen-bond donors (Lipinski definition) is 2. The number of hydrazone groups is 2. The predicted molar refractivity (Wildman–Crippen MR) is 176 cm³/mol. The average molecular weight is 689 g/mol. The maximum absolute atomic E-state index is 12.3. The summed E-state index contributed by atoms with van der Waals surface area (Å²) in [7, 11) is 0. The molecule has 0 fully saturated rings. The van der Waals surface area contributed by atoms with Gasteiger partial charge >= 0.3 is 0 Å². The average Bonchev–Trinajstić information content (AvgIpc) is 3.11. The van der Waals surface area contributed by atoms with Crippen LogP contribution in [0, 0.1) is 0 Å². The van der Waals surface area contributed by atoms with Crippen molar-refractivity contribution in [3.05, 3.63) is 47.5 Å². The Bertz CT molecular complexity index is 1240. The summed E-state index contributed by atoms with van der Waals surface area (Å²) in [4.78, 5) is 24.6. The van der Waals surface area contributed by atoms with E-state index < -0.39 is 18.2 Å². The van der Waals surface area contributed by atoms with Gasteiger partial charge in [-0.1, -0.05) is 0 Å². The van der Waals surface area contributed by atoms with E-state index in [1.807, 2.05) is 0 Å². The molecule has 16 heteroatoms. The first-order valence-corrected chi connectivity index (χ1v) is 16.1. The van der Waals surface area contributed by atoms with Crippen molar-refractivity contribution >= 4 is 24.2 Å². The van der Waals surface area contributed by atoms with Crippen LogP contribution >= 0.6 is 0 Å². The number of carbonyl (C=O) groups excluding carboxylic acids is 2. The van der Waals surface area contributed by atoms with Gasteiger partial charge < -0.3 is 47.4 Å². The molecular formula is C33H44N4O12. The molecule has 0 aromatic heterocycles. The van der Waals surface area contributed by atoms with Crippen molar-refractivity contribution < 1.29 is 57.0 Å². The zero-order valence-electron chi connectivity index (χ0n) is 27.4. The number of fused-ring (bicyclic) bond motifs is 2. The molecule has 0 spiro atoms. The minimum absolute atomic E-state index is 0.304. The van der Waals surface area contributed by atoms with Crippen LogP contribution in [0.3, 0.4) is 0 Å². The summed E-state index contributed by atoms with van der Waals surface area (Å²) in [5.41, 5.74) is 5.96. The van der Waals surface area contributed by atoms with Gasteiger partial charge in [0, 0.05) is 0 Å². The van der Waals surface area contributed by atoms with Gasteiger partial charge in [0.1, 0.15) is 32.8 Å². The Hall–Kier alpha value is -4.32. The lowest BCUT2D eigenvalue weighted by Crippen LogP contribution is -2.27. The highest BCUT2D eigenvalue weighted by molar-refractivity contribution is 5.97. The first-order valence-electron chi connectivity index (χ1n) is 16.1. The molecule has 49 heavy (non-hydrogen) atoms. The largest absolute Gasteiger partial charge is 0.487 e. The van der Waals surface area contributed by atoms with Crippen molar-refractivity contribution in [1.29, 1.82) is 0 Å². The molecule has 0 bridgehead atoms. The Labute approximate surface area is 284 Å². The zero-order chi connectivity index (χ0) is 34.2. The van der Waals surface area contributed by atoms with E-state index in [1.165, 1.54) is 12.4 Å². The van der Waals surface area contributed by atoms with Gasteiger partial charge in [0.05, 0.1) is 91.7 Å². The van der Waals surface area contributed by atoms with Crippen LogP contribution in [-0.4, -0.2) is 130 Å². The normalized spacial score (nSPS) is 18.0. The smallest absolute Gasteiger partial charge is 0.249 e. The second-order valence-electron chi connectivity index (χ2n) is 10.2. The zero-order valence-corrected chi connectivity index (χ0v) is 27.4. The number of rotatable bonds is 6. The van der Waals surface area contributed by atoms with Crippen molar-refractivity contribution in [3.63, 3.8) is 0 Å². The minimum Gasteiger partial charge on any atom is -0.487 e. The number of ether oxygens (including phenoxy) is 10. The Morgan fingerprint density at radius 2 is 0.776 bits per heavy atom. The minimum atomic E-state index is -0.621. The van der Waals surface area contributed by atoms with Crippen LogP contribution in [0.2, 0.25) is 0 Å². The predicted octanol–water partition coefficient (Wildman–Crippen LogP) is 1.32. The summed E-state index contributed by atoms with van der Waals surface area (Å²) < 4.78 is 56.1. The molecule has 0 unspecified atom stereocenters. The summed E-state index contributed by atoms with van der Waals surface area (Å²) in [5.74, 6) is 0.808. The van der Waals surface area contributed by atoms with Crippen molar-refractivity contribution in [2.24, 2.45) is 10.2 Å². The molecule has 2 aliphatic heterocycles. The molecular weight excluding hydrogens is 644 g/mol. The fourth-order valence-electron chi connectivity index (χ4n) is 4.18. The molecule has 2 N–H and O–H groups in total. The lowest BCUT2D eigenvalue weighted by Gasteiger charge is -2.13. The maximum Gasteiger partial charge on any atom is 0.249 e. The van der Waals surface area contributed by atoms with E-state index in [4.69, 9.17) is 47.4 Å². The monoisotopic (exact) mass is 688 g/mol. The summed E-state index contributed by atoms with van der Waals surface area (Å²) >= 11 is 0. The highest BCUT2D eigenvalue weighted by Crippen LogP contribution is 2.29. The van der Waals surface area contributed by atoms with Crippen LogP contribution in [-0.2, 0) is 38.0 Å². The van der Waals surface area contributed by atoms with Crippen molar-refractivity contribution in [2.45, 2.75) is 6.42 Å². The SMILES string of the molecule is O=C(CC(=O)N/N=C/c1ccc2c(c1)OCCOCCOCCOCCO2)N/N=C/c1ccc2c(c1)OCCOCCOCCOCCO2. The van der Waals surface area contributed by atoms with Gasteiger partial charge in [-0.25, -0.2) is 10.9 Å². The third-order valence-corrected chi connectivity index (χ3v) is 6.49. The molecule has 0 saturated heterocycles. The molecule has 268 valence electrons. The molecule has 4 rings (SSSR count). The van der Waals surface area contributed by atoms with Gasteiger partial charge in [0.15, 0.2) is 23.0 Å². The lowest BCUT2D eigenvalue weighted by atomic mass is 10.2. The lowest BCUT2D eigenvalue weighted by molar-refractivity contribution is -0.129. The second kappa shape index (κ2) is 23.1. The van der Waals surface area contributed by atoms with Crippen molar-refractivity contribution in [2.75, 3.05) is 106 Å². The molecule has 16 nitrogen and oxygen atoms in total. The first-order chi connectivity index (χ1) is 24.2. The molecule has 0 radical (unpaired) electrons. The first kappa shape index (κ1) is 37.5. The fraction of sp³-hybridized carbons (Fsp3) is 0.515. The maximum atomic E-state index is 12.3. The highest BCUT2D eigenvalue weighted by atomic mass is 16.6. The summed E-state index contributed by atoms with van der Waals surface area (Å²) in [6, 6.07) is 10.4. The molecule has 2 amide bonds. The molecule has 2 aromatic rings. The summed E-state index contributed by atoms with van der Waals surface area (Å²) in [6.07, 6.45) is 2.37. The van der Waals surface area contributed by atoms with Crippen LogP contribution in [0.4, 0.5) is 0 Å². The number of nitrogens with one attached hydrogen (secondary N) is 2. The van der Waals surface area contributed by atoms with E-state index in [1.54, 1.807) is 36.4 Å². The van der Waals surface area contributed by atoms with E-state index in [2.05, 4.69) is 21.1 Å². The number of hydrogen-bond acceptors (Lipinski definition) is 14. The number of benzene rings is 2. The van der Waals surface area contributed by atoms with Crippen molar-refractivity contribution in [3.8, 4) is 23.0 Å². The second-order valence-corrected chi connectivity index (χ2v) is 10.2. The van der Waals surface area contributed by atoms with E-state index in [9.17, 15) is 9.59 Å². The highest BCUT2D eigenvalue weighted by Gasteiger charge is 2.11. The Kier molecular flexibility index (Phi) is 17.7. The van der Waals surface area contributed by atoms with Crippen molar-refractivity contribution in [1.82, 2.24) is 10.9 Å². The van der Waals surface area contributed by atoms with Gasteiger partial charge in [-0.05, 0) is 47.5 Å². The molecule has 2 aliphatic rings. The van der Waals surface area contributed by atoms with Gasteiger partial charge in [-0.3, -0.25) is 9.59 Å². The summed E-state index contributed by atoms with van der Waals surface area (Å²) in [5, 5.41) is 7.91. The number of amides is 2. The van der Waals surface area contributed by atoms with E-state index >= 15 is 0 Å². The number of carbonyl (C=O) groups is 2. The van der Waals surface area contributed by atoms with E-state index in [0.717, 1.165) is 0 Å². The van der Waals surface area contributed by atoms with Crippen LogP contribution in [0.1, 0.15) is 17.5 Å². The van der Waals surface area contributed by atoms with E-state index in [0.29, 0.717) is 140 Å². The fourth-order valence-corrected chi connectivity index (χ4v) is 4.18. The molecule has 0 atom stereocenters. The number of nitrogens with zero attached hydrogens (tertiary/aromatic N) is 2. The standard InChI is InChI=1S/C33H44N4O12/c38-32(36-34-24-26-1-3-28-30(21-26)48-19-15-44-11-7-40-5-9-42-13-17-46-28)23-33(39)37-35-25-27-2-4-29-31(22-27)49-20-16-45-12-8-41-6-10-43-14-18-47-29/h1-4,21-22,24-25H,5-20,23H2,(H,36,38)(H,37,39)/b34-24+,35-25+. The van der Waals surface area contributed by atoms with Crippen LogP contribution in [0.15, 0.2) is 46.6 Å². The van der Waals surface area contributed by atoms with Gasteiger partial charge in [0.25, 0.3) is 0 Å². The topological polar surface area (TPSA) is 175 Å². The summed E-state index contributed by atoms with van der Waals surface area (Å²) in [6.45, 7) is 6.59. The molecule has 2 aromatic carbocycles. The Balaban J connectivity index is 1.23. The third-order valence-electron chi connectivity index (χ3n) is 6.49. The molecule has 0 saturated carbocycles. The Morgan fingerprint density at radius 3 is 1.12 bits per heavy atom. The van der Waals surface area contributed by atoms with Gasteiger partial charge in [-0.15, -0.1) is 0 Å². The third kappa shape index (κ3) is 15.6. The van der Waals surface area contributed by atoms with Crippen LogP contribution < -0.4 is 29.8 Å². The van der Waals surface area contributed by atoms with Gasteiger partial charge in [0.2, 0.25) is 11.8 Å². The Morgan fingerprint density at radius 1 is 0.469 bits per heavy atom. The van der Waals surface area contributed by atoms with Crippen LogP contribution in [0.5, 0.6) is 23.0 Å².